The molecule has 0 atom stereocenters. The first-order valence-electron chi connectivity index (χ1n) is 6.22. The molecule has 0 aliphatic heterocycles. The van der Waals surface area contributed by atoms with Gasteiger partial charge in [-0.2, -0.15) is 0 Å². The van der Waals surface area contributed by atoms with Crippen molar-refractivity contribution in [3.05, 3.63) is 52.1 Å². The summed E-state index contributed by atoms with van der Waals surface area (Å²) in [6.07, 6.45) is 0.669. The fraction of sp³-hybridized carbons (Fsp3) is 0.133. The smallest absolute Gasteiger partial charge is 0.273 e. The lowest BCUT2D eigenvalue weighted by Gasteiger charge is -2.11. The molecule has 0 saturated carbocycles. The minimum Gasteiger partial charge on any atom is -0.497 e. The highest BCUT2D eigenvalue weighted by Gasteiger charge is 2.13. The molecule has 0 spiro atoms. The molecule has 7 nitrogen and oxygen atoms in total. The number of non-ortho nitro benzene ring substituents is 1. The third-order valence-electron chi connectivity index (χ3n) is 2.86. The summed E-state index contributed by atoms with van der Waals surface area (Å²) in [5.74, 6) is 1.32. The summed E-state index contributed by atoms with van der Waals surface area (Å²) in [4.78, 5) is 21.1. The summed E-state index contributed by atoms with van der Waals surface area (Å²) in [5, 5.41) is 10.8. The molecule has 2 aromatic rings. The lowest BCUT2D eigenvalue weighted by atomic mass is 10.2. The maximum Gasteiger partial charge on any atom is 0.273 e. The predicted octanol–water partition coefficient (Wildman–Crippen LogP) is 3.22. The summed E-state index contributed by atoms with van der Waals surface area (Å²) < 4.78 is 15.8. The molecule has 0 bridgehead atoms. The number of hydrogen-bond donors (Lipinski definition) is 0. The van der Waals surface area contributed by atoms with Gasteiger partial charge in [0.15, 0.2) is 11.5 Å². The number of nitrogens with zero attached hydrogens (tertiary/aromatic N) is 1. The van der Waals surface area contributed by atoms with Gasteiger partial charge in [-0.3, -0.25) is 14.9 Å². The van der Waals surface area contributed by atoms with Gasteiger partial charge in [-0.15, -0.1) is 0 Å². The van der Waals surface area contributed by atoms with Crippen LogP contribution in [0.3, 0.4) is 0 Å². The van der Waals surface area contributed by atoms with Crippen molar-refractivity contribution in [1.29, 1.82) is 0 Å². The van der Waals surface area contributed by atoms with E-state index in [0.29, 0.717) is 29.1 Å². The number of ether oxygens (including phenoxy) is 3. The fourth-order valence-electron chi connectivity index (χ4n) is 1.82. The molecule has 0 aliphatic rings. The molecule has 0 fully saturated rings. The van der Waals surface area contributed by atoms with Gasteiger partial charge in [0, 0.05) is 17.7 Å². The standard InChI is InChI=1S/C15H13NO6/c1-20-12-5-10(9-17)6-13(8-12)22-14-4-3-11(16(18)19)7-15(14)21-2/h3-9H,1-2H3. The number of carbonyl (C=O) groups excluding carboxylic acids is 1. The number of aldehydes is 1. The molecular formula is C15H13NO6. The molecule has 0 amide bonds. The van der Waals surface area contributed by atoms with Crippen LogP contribution < -0.4 is 14.2 Å². The van der Waals surface area contributed by atoms with Crippen LogP contribution in [0.1, 0.15) is 10.4 Å². The first-order valence-corrected chi connectivity index (χ1v) is 6.22. The zero-order chi connectivity index (χ0) is 16.1. The number of nitro benzene ring substituents is 1. The van der Waals surface area contributed by atoms with Crippen LogP contribution in [0.15, 0.2) is 36.4 Å². The van der Waals surface area contributed by atoms with Crippen LogP contribution in [0.4, 0.5) is 5.69 Å². The zero-order valence-corrected chi connectivity index (χ0v) is 11.9. The van der Waals surface area contributed by atoms with E-state index in [9.17, 15) is 14.9 Å². The second kappa shape index (κ2) is 6.57. The summed E-state index contributed by atoms with van der Waals surface area (Å²) in [6.45, 7) is 0. The van der Waals surface area contributed by atoms with Crippen LogP contribution in [-0.4, -0.2) is 25.4 Å². The van der Waals surface area contributed by atoms with Crippen molar-refractivity contribution < 1.29 is 23.9 Å². The maximum absolute atomic E-state index is 10.9. The Bertz CT molecular complexity index is 713. The average molecular weight is 303 g/mol. The van der Waals surface area contributed by atoms with Gasteiger partial charge in [-0.05, 0) is 18.2 Å². The summed E-state index contributed by atoms with van der Waals surface area (Å²) in [7, 11) is 2.86. The summed E-state index contributed by atoms with van der Waals surface area (Å²) in [6, 6.07) is 8.67. The molecule has 2 aromatic carbocycles. The summed E-state index contributed by atoms with van der Waals surface area (Å²) in [5.41, 5.74) is 0.277. The Kier molecular flexibility index (Phi) is 4.57. The minimum absolute atomic E-state index is 0.108. The van der Waals surface area contributed by atoms with Crippen molar-refractivity contribution in [3.8, 4) is 23.0 Å². The molecule has 114 valence electrons. The molecule has 0 unspecified atom stereocenters. The van der Waals surface area contributed by atoms with Crippen molar-refractivity contribution in [2.24, 2.45) is 0 Å². The van der Waals surface area contributed by atoms with Crippen molar-refractivity contribution >= 4 is 12.0 Å². The van der Waals surface area contributed by atoms with Crippen LogP contribution in [0.25, 0.3) is 0 Å². The number of nitro groups is 1. The van der Waals surface area contributed by atoms with Crippen LogP contribution >= 0.6 is 0 Å². The monoisotopic (exact) mass is 303 g/mol. The number of hydrogen-bond acceptors (Lipinski definition) is 6. The minimum atomic E-state index is -0.525. The van der Waals surface area contributed by atoms with E-state index in [1.54, 1.807) is 12.1 Å². The third kappa shape index (κ3) is 3.32. The van der Waals surface area contributed by atoms with Crippen molar-refractivity contribution in [1.82, 2.24) is 0 Å². The molecule has 0 aromatic heterocycles. The van der Waals surface area contributed by atoms with Crippen LogP contribution in [0.5, 0.6) is 23.0 Å². The van der Waals surface area contributed by atoms with E-state index in [1.807, 2.05) is 0 Å². The van der Waals surface area contributed by atoms with E-state index >= 15 is 0 Å². The Labute approximate surface area is 126 Å². The highest BCUT2D eigenvalue weighted by molar-refractivity contribution is 5.76. The molecular weight excluding hydrogens is 290 g/mol. The molecule has 0 saturated heterocycles. The van der Waals surface area contributed by atoms with E-state index in [4.69, 9.17) is 14.2 Å². The predicted molar refractivity (Wildman–Crippen MR) is 78.1 cm³/mol. The van der Waals surface area contributed by atoms with Crippen LogP contribution in [0, 0.1) is 10.1 Å². The van der Waals surface area contributed by atoms with Crippen molar-refractivity contribution in [2.45, 2.75) is 0 Å². The zero-order valence-electron chi connectivity index (χ0n) is 11.9. The summed E-state index contributed by atoms with van der Waals surface area (Å²) >= 11 is 0. The molecule has 0 heterocycles. The molecule has 22 heavy (non-hydrogen) atoms. The van der Waals surface area contributed by atoms with Gasteiger partial charge in [0.2, 0.25) is 0 Å². The van der Waals surface area contributed by atoms with Gasteiger partial charge in [0.05, 0.1) is 25.2 Å². The van der Waals surface area contributed by atoms with E-state index in [-0.39, 0.29) is 11.4 Å². The lowest BCUT2D eigenvalue weighted by molar-refractivity contribution is -0.384. The third-order valence-corrected chi connectivity index (χ3v) is 2.86. The van der Waals surface area contributed by atoms with Gasteiger partial charge in [0.1, 0.15) is 17.8 Å². The van der Waals surface area contributed by atoms with E-state index < -0.39 is 4.92 Å². The molecule has 0 radical (unpaired) electrons. The van der Waals surface area contributed by atoms with Crippen molar-refractivity contribution in [2.75, 3.05) is 14.2 Å². The Hall–Kier alpha value is -3.09. The second-order valence-electron chi connectivity index (χ2n) is 4.25. The number of rotatable bonds is 6. The molecule has 0 aliphatic carbocycles. The number of methoxy groups -OCH3 is 2. The van der Waals surface area contributed by atoms with Gasteiger partial charge in [-0.25, -0.2) is 0 Å². The van der Waals surface area contributed by atoms with Crippen molar-refractivity contribution in [3.63, 3.8) is 0 Å². The van der Waals surface area contributed by atoms with Gasteiger partial charge in [-0.1, -0.05) is 0 Å². The maximum atomic E-state index is 10.9. The first kappa shape index (κ1) is 15.3. The molecule has 2 rings (SSSR count). The topological polar surface area (TPSA) is 87.9 Å². The highest BCUT2D eigenvalue weighted by atomic mass is 16.6. The second-order valence-corrected chi connectivity index (χ2v) is 4.25. The van der Waals surface area contributed by atoms with Crippen LogP contribution in [0.2, 0.25) is 0 Å². The van der Waals surface area contributed by atoms with E-state index in [0.717, 1.165) is 0 Å². The Morgan fingerprint density at radius 2 is 1.73 bits per heavy atom. The Balaban J connectivity index is 2.38. The Morgan fingerprint density at radius 3 is 2.32 bits per heavy atom. The van der Waals surface area contributed by atoms with E-state index in [1.165, 1.54) is 38.5 Å². The van der Waals surface area contributed by atoms with Gasteiger partial charge < -0.3 is 14.2 Å². The number of benzene rings is 2. The molecule has 0 N–H and O–H groups in total. The first-order chi connectivity index (χ1) is 10.6. The Morgan fingerprint density at radius 1 is 1.00 bits per heavy atom. The van der Waals surface area contributed by atoms with E-state index in [2.05, 4.69) is 0 Å². The fourth-order valence-corrected chi connectivity index (χ4v) is 1.82. The largest absolute Gasteiger partial charge is 0.497 e. The quantitative estimate of drug-likeness (QED) is 0.462. The normalized spacial score (nSPS) is 9.91. The van der Waals surface area contributed by atoms with Gasteiger partial charge >= 0.3 is 0 Å². The SMILES string of the molecule is COc1cc(C=O)cc(Oc2ccc([N+](=O)[O-])cc2OC)c1. The van der Waals surface area contributed by atoms with Gasteiger partial charge in [0.25, 0.3) is 5.69 Å². The average Bonchev–Trinajstić information content (AvgIpc) is 2.54. The molecule has 7 heteroatoms. The highest BCUT2D eigenvalue weighted by Crippen LogP contribution is 2.35. The van der Waals surface area contributed by atoms with Crippen LogP contribution in [-0.2, 0) is 0 Å². The number of carbonyl (C=O) groups is 1. The lowest BCUT2D eigenvalue weighted by Crippen LogP contribution is -1.95.